The maximum absolute atomic E-state index is 12.5. The van der Waals surface area contributed by atoms with Crippen LogP contribution < -0.4 is 0 Å². The lowest BCUT2D eigenvalue weighted by molar-refractivity contribution is -0.195. The maximum Gasteiger partial charge on any atom is 0.313 e. The van der Waals surface area contributed by atoms with Gasteiger partial charge in [0.25, 0.3) is 0 Å². The number of esters is 1. The van der Waals surface area contributed by atoms with Crippen LogP contribution in [-0.4, -0.2) is 26.4 Å². The Morgan fingerprint density at radius 1 is 1.25 bits per heavy atom. The summed E-state index contributed by atoms with van der Waals surface area (Å²) >= 11 is 0. The number of ketones is 1. The number of carbonyl (C=O) groups excluding carboxylic acids is 2. The van der Waals surface area contributed by atoms with E-state index in [1.165, 1.54) is 6.04 Å². The number of carbonyl (C=O) groups is 2. The molecule has 20 heavy (non-hydrogen) atoms. The summed E-state index contributed by atoms with van der Waals surface area (Å²) in [4.78, 5) is 25.0. The van der Waals surface area contributed by atoms with Crippen LogP contribution in [-0.2, 0) is 14.3 Å². The summed E-state index contributed by atoms with van der Waals surface area (Å²) in [6.07, 6.45) is 4.48. The molecule has 0 radical (unpaired) electrons. The van der Waals surface area contributed by atoms with Gasteiger partial charge in [-0.25, -0.2) is 0 Å². The van der Waals surface area contributed by atoms with E-state index in [9.17, 15) is 9.59 Å². The van der Waals surface area contributed by atoms with Gasteiger partial charge in [0.2, 0.25) is 0 Å². The molecule has 2 aliphatic carbocycles. The molecule has 1 heterocycles. The van der Waals surface area contributed by atoms with Gasteiger partial charge in [0, 0.05) is 20.4 Å². The molecule has 1 aliphatic heterocycles. The van der Waals surface area contributed by atoms with Gasteiger partial charge in [0.15, 0.2) is 0 Å². The third kappa shape index (κ3) is 1.99. The molecular weight excluding hydrogens is 268 g/mol. The van der Waals surface area contributed by atoms with Crippen molar-refractivity contribution in [3.05, 3.63) is 0 Å². The van der Waals surface area contributed by atoms with Crippen LogP contribution in [0.15, 0.2) is 0 Å². The first-order chi connectivity index (χ1) is 9.36. The van der Waals surface area contributed by atoms with Crippen LogP contribution in [0.25, 0.3) is 0 Å². The number of hydrogen-bond donors (Lipinski definition) is 0. The maximum atomic E-state index is 12.5. The molecule has 0 aromatic carbocycles. The van der Waals surface area contributed by atoms with Crippen molar-refractivity contribution in [2.45, 2.75) is 57.8 Å². The fourth-order valence-corrected chi connectivity index (χ4v) is 7.04. The highest BCUT2D eigenvalue weighted by Gasteiger charge is 2.69. The van der Waals surface area contributed by atoms with Crippen LogP contribution in [0.2, 0.25) is 25.7 Å². The van der Waals surface area contributed by atoms with Gasteiger partial charge in [-0.05, 0) is 37.5 Å². The van der Waals surface area contributed by atoms with E-state index in [4.69, 9.17) is 4.74 Å². The molecule has 0 amide bonds. The second-order valence-electron chi connectivity index (χ2n) is 8.15. The zero-order valence-electron chi connectivity index (χ0n) is 12.9. The molecule has 4 heteroatoms. The second kappa shape index (κ2) is 4.69. The SMILES string of the molecule is C[Si](C)(C)C[C@H]1[C@H]2CCCOC(=O)[C@]23CCCC(=O)[C@H]13. The topological polar surface area (TPSA) is 43.4 Å². The molecule has 0 aromatic heterocycles. The van der Waals surface area contributed by atoms with E-state index in [2.05, 4.69) is 19.6 Å². The Morgan fingerprint density at radius 3 is 2.70 bits per heavy atom. The number of hydrogen-bond acceptors (Lipinski definition) is 3. The van der Waals surface area contributed by atoms with Gasteiger partial charge in [-0.15, -0.1) is 0 Å². The smallest absolute Gasteiger partial charge is 0.313 e. The fraction of sp³-hybridized carbons (Fsp3) is 0.875. The Morgan fingerprint density at radius 2 is 2.00 bits per heavy atom. The first kappa shape index (κ1) is 14.3. The van der Waals surface area contributed by atoms with E-state index < -0.39 is 13.5 Å². The first-order valence-electron chi connectivity index (χ1n) is 8.06. The summed E-state index contributed by atoms with van der Waals surface area (Å²) in [5.74, 6) is 1.15. The molecular formula is C16H26O3Si. The van der Waals surface area contributed by atoms with E-state index in [0.29, 0.717) is 30.6 Å². The van der Waals surface area contributed by atoms with Gasteiger partial charge in [0.1, 0.15) is 5.78 Å². The van der Waals surface area contributed by atoms with Crippen LogP contribution in [0.5, 0.6) is 0 Å². The van der Waals surface area contributed by atoms with Gasteiger partial charge in [-0.3, -0.25) is 9.59 Å². The minimum absolute atomic E-state index is 0.0152. The molecule has 2 saturated carbocycles. The van der Waals surface area contributed by atoms with Crippen LogP contribution in [0.1, 0.15) is 32.1 Å². The Labute approximate surface area is 122 Å². The summed E-state index contributed by atoms with van der Waals surface area (Å²) in [6.45, 7) is 7.66. The van der Waals surface area contributed by atoms with Crippen molar-refractivity contribution < 1.29 is 14.3 Å². The zero-order chi connectivity index (χ0) is 14.5. The third-order valence-corrected chi connectivity index (χ3v) is 7.34. The van der Waals surface area contributed by atoms with Gasteiger partial charge >= 0.3 is 5.97 Å². The molecule has 1 spiro atoms. The summed E-state index contributed by atoms with van der Waals surface area (Å²) in [7, 11) is -1.22. The molecule has 112 valence electrons. The van der Waals surface area contributed by atoms with E-state index in [-0.39, 0.29) is 11.9 Å². The average molecular weight is 294 g/mol. The summed E-state index contributed by atoms with van der Waals surface area (Å²) < 4.78 is 5.44. The molecule has 3 rings (SSSR count). The third-order valence-electron chi connectivity index (χ3n) is 5.64. The second-order valence-corrected chi connectivity index (χ2v) is 13.7. The van der Waals surface area contributed by atoms with E-state index in [0.717, 1.165) is 25.7 Å². The van der Waals surface area contributed by atoms with E-state index in [1.54, 1.807) is 0 Å². The molecule has 0 bridgehead atoms. The normalized spacial score (nSPS) is 41.0. The Hall–Kier alpha value is -0.643. The summed E-state index contributed by atoms with van der Waals surface area (Å²) in [5, 5.41) is 0. The first-order valence-corrected chi connectivity index (χ1v) is 11.8. The Kier molecular flexibility index (Phi) is 3.35. The van der Waals surface area contributed by atoms with Gasteiger partial charge < -0.3 is 4.74 Å². The lowest BCUT2D eigenvalue weighted by Gasteiger charge is -2.61. The standard InChI is InChI=1S/C16H26O3Si/c1-20(2,3)10-11-12-6-5-9-19-15(18)16(12)8-4-7-13(17)14(11)16/h11-12,14H,4-10H2,1-3H3/t11-,12+,14-,16+/m0/s1. The summed E-state index contributed by atoms with van der Waals surface area (Å²) in [6, 6.07) is 1.18. The minimum atomic E-state index is -1.22. The number of Topliss-reactive ketones (excluding diaryl/α,β-unsaturated/α-hetero) is 1. The predicted molar refractivity (Wildman–Crippen MR) is 80.1 cm³/mol. The van der Waals surface area contributed by atoms with Crippen molar-refractivity contribution in [1.29, 1.82) is 0 Å². The largest absolute Gasteiger partial charge is 0.465 e. The highest BCUT2D eigenvalue weighted by atomic mass is 28.3. The molecule has 3 aliphatic rings. The van der Waals surface area contributed by atoms with Crippen molar-refractivity contribution in [2.24, 2.45) is 23.2 Å². The zero-order valence-corrected chi connectivity index (χ0v) is 13.9. The van der Waals surface area contributed by atoms with Gasteiger partial charge in [-0.2, -0.15) is 0 Å². The number of cyclic esters (lactones) is 1. The summed E-state index contributed by atoms with van der Waals surface area (Å²) in [5.41, 5.74) is -0.420. The Balaban J connectivity index is 1.94. The molecule has 3 nitrogen and oxygen atoms in total. The predicted octanol–water partition coefficient (Wildman–Crippen LogP) is 3.26. The Bertz CT molecular complexity index is 439. The average Bonchev–Trinajstić information content (AvgIpc) is 2.45. The monoisotopic (exact) mass is 294 g/mol. The number of rotatable bonds is 2. The molecule has 0 unspecified atom stereocenters. The van der Waals surface area contributed by atoms with Crippen molar-refractivity contribution in [1.82, 2.24) is 0 Å². The minimum Gasteiger partial charge on any atom is -0.465 e. The molecule has 1 saturated heterocycles. The molecule has 0 N–H and O–H groups in total. The van der Waals surface area contributed by atoms with Crippen LogP contribution in [0.3, 0.4) is 0 Å². The van der Waals surface area contributed by atoms with E-state index in [1.807, 2.05) is 0 Å². The van der Waals surface area contributed by atoms with Crippen LogP contribution in [0, 0.1) is 23.2 Å². The molecule has 3 fully saturated rings. The lowest BCUT2D eigenvalue weighted by Crippen LogP contribution is -2.65. The number of ether oxygens (including phenoxy) is 1. The van der Waals surface area contributed by atoms with Crippen LogP contribution in [0.4, 0.5) is 0 Å². The van der Waals surface area contributed by atoms with Crippen molar-refractivity contribution >= 4 is 19.8 Å². The van der Waals surface area contributed by atoms with Crippen molar-refractivity contribution in [3.63, 3.8) is 0 Å². The fourth-order valence-electron chi connectivity index (χ4n) is 5.11. The van der Waals surface area contributed by atoms with Crippen molar-refractivity contribution in [2.75, 3.05) is 6.61 Å². The molecule has 4 atom stereocenters. The lowest BCUT2D eigenvalue weighted by atomic mass is 9.41. The van der Waals surface area contributed by atoms with Crippen LogP contribution >= 0.6 is 0 Å². The highest BCUT2D eigenvalue weighted by molar-refractivity contribution is 6.76. The van der Waals surface area contributed by atoms with Crippen molar-refractivity contribution in [3.8, 4) is 0 Å². The van der Waals surface area contributed by atoms with Gasteiger partial charge in [-0.1, -0.05) is 25.7 Å². The highest BCUT2D eigenvalue weighted by Crippen LogP contribution is 2.66. The molecule has 0 aromatic rings. The quantitative estimate of drug-likeness (QED) is 0.580. The van der Waals surface area contributed by atoms with Gasteiger partial charge in [0.05, 0.1) is 12.0 Å². The van der Waals surface area contributed by atoms with E-state index >= 15 is 0 Å².